The van der Waals surface area contributed by atoms with Gasteiger partial charge in [-0.25, -0.2) is 4.98 Å². The Hall–Kier alpha value is -4.37. The minimum atomic E-state index is -4.64. The van der Waals surface area contributed by atoms with Crippen LogP contribution in [0.25, 0.3) is 22.4 Å². The second-order valence-corrected chi connectivity index (χ2v) is 8.30. The molecule has 1 aromatic heterocycles. The Labute approximate surface area is 205 Å². The minimum Gasteiger partial charge on any atom is -0.457 e. The summed E-state index contributed by atoms with van der Waals surface area (Å²) in [4.78, 5) is 10.2. The van der Waals surface area contributed by atoms with E-state index in [9.17, 15) is 13.2 Å². The van der Waals surface area contributed by atoms with Gasteiger partial charge in [0.05, 0.1) is 16.8 Å². The van der Waals surface area contributed by atoms with E-state index in [1.165, 1.54) is 18.2 Å². The number of aromatic nitrogens is 1. The van der Waals surface area contributed by atoms with Gasteiger partial charge in [0.25, 0.3) is 0 Å². The third-order valence-corrected chi connectivity index (χ3v) is 6.00. The highest BCUT2D eigenvalue weighted by molar-refractivity contribution is 5.84. The highest BCUT2D eigenvalue weighted by Gasteiger charge is 2.36. The molecule has 5 rings (SSSR count). The number of halogens is 3. The van der Waals surface area contributed by atoms with Crippen LogP contribution in [0.5, 0.6) is 11.5 Å². The van der Waals surface area contributed by atoms with Gasteiger partial charge in [-0.05, 0) is 47.5 Å². The number of hydrogen-bond acceptors (Lipinski definition) is 6. The molecular formula is C27H22F3N5O. The SMILES string of the molecule is CN1C(N)=Nc2nc(-c3c(Oc4ccc(-c5ccccc5)cc4)cccc3C(F)(F)F)ccc2C1N. The molecule has 36 heavy (non-hydrogen) atoms. The maximum atomic E-state index is 14.1. The van der Waals surface area contributed by atoms with Crippen LogP contribution >= 0.6 is 0 Å². The fourth-order valence-electron chi connectivity index (χ4n) is 4.05. The monoisotopic (exact) mass is 489 g/mol. The molecule has 0 radical (unpaired) electrons. The summed E-state index contributed by atoms with van der Waals surface area (Å²) in [6.45, 7) is 0. The first-order valence-corrected chi connectivity index (χ1v) is 11.1. The van der Waals surface area contributed by atoms with Crippen LogP contribution in [0.4, 0.5) is 19.0 Å². The van der Waals surface area contributed by atoms with E-state index in [1.54, 1.807) is 30.1 Å². The Kier molecular flexibility index (Phi) is 5.85. The fraction of sp³-hybridized carbons (Fsp3) is 0.111. The minimum absolute atomic E-state index is 0.0129. The van der Waals surface area contributed by atoms with E-state index in [4.69, 9.17) is 16.2 Å². The summed E-state index contributed by atoms with van der Waals surface area (Å²) in [5.41, 5.74) is 13.6. The fourth-order valence-corrected chi connectivity index (χ4v) is 4.05. The molecule has 9 heteroatoms. The average molecular weight is 490 g/mol. The Balaban J connectivity index is 1.57. The first-order valence-electron chi connectivity index (χ1n) is 11.1. The average Bonchev–Trinajstić information content (AvgIpc) is 2.87. The molecule has 4 N–H and O–H groups in total. The van der Waals surface area contributed by atoms with Crippen molar-refractivity contribution < 1.29 is 17.9 Å². The van der Waals surface area contributed by atoms with Crippen LogP contribution in [-0.4, -0.2) is 22.9 Å². The van der Waals surface area contributed by atoms with Gasteiger partial charge in [-0.1, -0.05) is 48.5 Å². The molecule has 1 atom stereocenters. The van der Waals surface area contributed by atoms with Crippen molar-refractivity contribution in [2.24, 2.45) is 16.5 Å². The van der Waals surface area contributed by atoms with Gasteiger partial charge >= 0.3 is 6.18 Å². The van der Waals surface area contributed by atoms with Crippen LogP contribution in [0.15, 0.2) is 89.9 Å². The van der Waals surface area contributed by atoms with Crippen molar-refractivity contribution in [1.82, 2.24) is 9.88 Å². The van der Waals surface area contributed by atoms with Gasteiger partial charge in [0.15, 0.2) is 11.8 Å². The van der Waals surface area contributed by atoms with Gasteiger partial charge in [-0.3, -0.25) is 0 Å². The molecule has 1 aliphatic rings. The zero-order valence-electron chi connectivity index (χ0n) is 19.2. The molecule has 3 aromatic carbocycles. The number of hydrogen-bond donors (Lipinski definition) is 2. The van der Waals surface area contributed by atoms with Gasteiger partial charge in [-0.15, -0.1) is 0 Å². The number of fused-ring (bicyclic) bond motifs is 1. The summed E-state index contributed by atoms with van der Waals surface area (Å²) in [6, 6.07) is 23.8. The third kappa shape index (κ3) is 4.36. The molecule has 0 bridgehead atoms. The molecule has 0 aliphatic carbocycles. The highest BCUT2D eigenvalue weighted by atomic mass is 19.4. The Bertz CT molecular complexity index is 1440. The summed E-state index contributed by atoms with van der Waals surface area (Å²) in [5.74, 6) is 0.697. The van der Waals surface area contributed by atoms with Gasteiger partial charge < -0.3 is 21.1 Å². The normalized spacial score (nSPS) is 15.3. The van der Waals surface area contributed by atoms with Crippen molar-refractivity contribution in [2.45, 2.75) is 12.3 Å². The molecule has 0 saturated carbocycles. The summed E-state index contributed by atoms with van der Waals surface area (Å²) >= 11 is 0. The van der Waals surface area contributed by atoms with Crippen molar-refractivity contribution in [1.29, 1.82) is 0 Å². The van der Waals surface area contributed by atoms with E-state index in [0.29, 0.717) is 11.3 Å². The van der Waals surface area contributed by atoms with E-state index in [-0.39, 0.29) is 28.8 Å². The van der Waals surface area contributed by atoms with Gasteiger partial charge in [0.2, 0.25) is 0 Å². The lowest BCUT2D eigenvalue weighted by molar-refractivity contribution is -0.137. The number of nitrogens with two attached hydrogens (primary N) is 2. The molecule has 1 aliphatic heterocycles. The lowest BCUT2D eigenvalue weighted by atomic mass is 10.0. The lowest BCUT2D eigenvalue weighted by Gasteiger charge is -2.30. The van der Waals surface area contributed by atoms with Crippen molar-refractivity contribution in [3.8, 4) is 33.9 Å². The maximum absolute atomic E-state index is 14.1. The van der Waals surface area contributed by atoms with Crippen LogP contribution in [-0.2, 0) is 6.18 Å². The molecule has 4 aromatic rings. The molecule has 6 nitrogen and oxygen atoms in total. The van der Waals surface area contributed by atoms with E-state index in [0.717, 1.165) is 17.2 Å². The van der Waals surface area contributed by atoms with Gasteiger partial charge in [0.1, 0.15) is 17.7 Å². The Morgan fingerprint density at radius 2 is 1.56 bits per heavy atom. The molecule has 0 saturated heterocycles. The summed E-state index contributed by atoms with van der Waals surface area (Å²) in [7, 11) is 1.67. The van der Waals surface area contributed by atoms with Crippen molar-refractivity contribution >= 4 is 11.8 Å². The first kappa shape index (κ1) is 23.4. The number of nitrogens with zero attached hydrogens (tertiary/aromatic N) is 3. The zero-order chi connectivity index (χ0) is 25.4. The Morgan fingerprint density at radius 1 is 0.861 bits per heavy atom. The molecular weight excluding hydrogens is 467 g/mol. The van der Waals surface area contributed by atoms with Crippen molar-refractivity contribution in [3.63, 3.8) is 0 Å². The summed E-state index contributed by atoms with van der Waals surface area (Å²) in [6.07, 6.45) is -5.25. The molecule has 1 unspecified atom stereocenters. The molecule has 0 fully saturated rings. The van der Waals surface area contributed by atoms with Crippen molar-refractivity contribution in [3.05, 3.63) is 96.1 Å². The second kappa shape index (κ2) is 9.01. The van der Waals surface area contributed by atoms with Crippen LogP contribution < -0.4 is 16.2 Å². The largest absolute Gasteiger partial charge is 0.457 e. The predicted octanol–water partition coefficient (Wildman–Crippen LogP) is 6.08. The topological polar surface area (TPSA) is 89.8 Å². The van der Waals surface area contributed by atoms with Gasteiger partial charge in [0, 0.05) is 12.6 Å². The quantitative estimate of drug-likeness (QED) is 0.363. The number of benzene rings is 3. The Morgan fingerprint density at radius 3 is 2.25 bits per heavy atom. The van der Waals surface area contributed by atoms with E-state index >= 15 is 0 Å². The van der Waals surface area contributed by atoms with Crippen LogP contribution in [0.3, 0.4) is 0 Å². The smallest absolute Gasteiger partial charge is 0.417 e. The van der Waals surface area contributed by atoms with Crippen LogP contribution in [0, 0.1) is 0 Å². The highest BCUT2D eigenvalue weighted by Crippen LogP contribution is 2.44. The molecule has 0 spiro atoms. The van der Waals surface area contributed by atoms with Crippen molar-refractivity contribution in [2.75, 3.05) is 7.05 Å². The predicted molar refractivity (Wildman–Crippen MR) is 133 cm³/mol. The van der Waals surface area contributed by atoms with Crippen LogP contribution in [0.1, 0.15) is 17.3 Å². The number of alkyl halides is 3. The van der Waals surface area contributed by atoms with E-state index in [1.807, 2.05) is 42.5 Å². The second-order valence-electron chi connectivity index (χ2n) is 8.30. The van der Waals surface area contributed by atoms with E-state index < -0.39 is 17.9 Å². The lowest BCUT2D eigenvalue weighted by Crippen LogP contribution is -2.43. The number of guanidine groups is 1. The van der Waals surface area contributed by atoms with E-state index in [2.05, 4.69) is 9.98 Å². The number of pyridine rings is 1. The summed E-state index contributed by atoms with van der Waals surface area (Å²) in [5, 5.41) is 0. The third-order valence-electron chi connectivity index (χ3n) is 6.00. The first-order chi connectivity index (χ1) is 17.2. The standard InChI is InChI=1S/C27H22F3N5O/c1-35-24(31)19-14-15-21(33-25(19)34-26(35)32)23-20(27(28,29)30)8-5-9-22(23)36-18-12-10-17(11-13-18)16-6-3-2-4-7-16/h2-15,24H,31H2,1H3,(H2,32,33,34). The molecule has 2 heterocycles. The maximum Gasteiger partial charge on any atom is 0.417 e. The zero-order valence-corrected chi connectivity index (χ0v) is 19.2. The van der Waals surface area contributed by atoms with Gasteiger partial charge in [-0.2, -0.15) is 18.2 Å². The number of ether oxygens (including phenoxy) is 1. The molecule has 0 amide bonds. The van der Waals surface area contributed by atoms with Crippen LogP contribution in [0.2, 0.25) is 0 Å². The molecule has 182 valence electrons. The number of rotatable bonds is 4. The summed E-state index contributed by atoms with van der Waals surface area (Å²) < 4.78 is 48.1. The number of aliphatic imine (C=N–C) groups is 1.